The molecule has 0 amide bonds. The first-order valence-corrected chi connectivity index (χ1v) is 7.81. The highest BCUT2D eigenvalue weighted by atomic mass is 32.2. The molecule has 1 unspecified atom stereocenters. The maximum atomic E-state index is 12.3. The second kappa shape index (κ2) is 6.61. The van der Waals surface area contributed by atoms with E-state index in [2.05, 4.69) is 9.97 Å². The fourth-order valence-electron chi connectivity index (χ4n) is 1.71. The topological polar surface area (TPSA) is 52.1 Å². The summed E-state index contributed by atoms with van der Waals surface area (Å²) in [6.45, 7) is 5.70. The summed E-state index contributed by atoms with van der Waals surface area (Å²) in [5, 5.41) is 0.324. The minimum Gasteiger partial charge on any atom is -0.475 e. The van der Waals surface area contributed by atoms with Crippen molar-refractivity contribution in [1.29, 1.82) is 0 Å². The number of aryl methyl sites for hydroxylation is 1. The van der Waals surface area contributed by atoms with Gasteiger partial charge in [0.25, 0.3) is 0 Å². The van der Waals surface area contributed by atoms with Gasteiger partial charge in [0, 0.05) is 11.8 Å². The number of aromatic nitrogens is 2. The van der Waals surface area contributed by atoms with Gasteiger partial charge in [0.05, 0.1) is 22.7 Å². The Balaban J connectivity index is 2.19. The molecule has 0 aliphatic heterocycles. The number of ether oxygens (including phenoxy) is 1. The minimum atomic E-state index is -1.27. The van der Waals surface area contributed by atoms with Crippen LogP contribution in [0, 0.1) is 6.92 Å². The number of benzene rings is 1. The first-order valence-electron chi connectivity index (χ1n) is 6.49. The normalized spacial score (nSPS) is 12.4. The van der Waals surface area contributed by atoms with E-state index < -0.39 is 10.8 Å². The van der Waals surface area contributed by atoms with Crippen LogP contribution in [0.1, 0.15) is 25.1 Å². The SMILES string of the molecule is Cc1cc(OC(C)C)nc(S(=O)Cc2ccccc2)n1. The summed E-state index contributed by atoms with van der Waals surface area (Å²) < 4.78 is 17.9. The first kappa shape index (κ1) is 14.7. The lowest BCUT2D eigenvalue weighted by Gasteiger charge is -2.10. The van der Waals surface area contributed by atoms with Crippen LogP contribution in [0.15, 0.2) is 41.6 Å². The lowest BCUT2D eigenvalue weighted by atomic mass is 10.2. The molecule has 0 N–H and O–H groups in total. The van der Waals surface area contributed by atoms with Gasteiger partial charge >= 0.3 is 0 Å². The van der Waals surface area contributed by atoms with Gasteiger partial charge in [-0.1, -0.05) is 30.3 Å². The van der Waals surface area contributed by atoms with Crippen molar-refractivity contribution in [3.63, 3.8) is 0 Å². The Morgan fingerprint density at radius 2 is 1.90 bits per heavy atom. The molecule has 0 saturated carbocycles. The average Bonchev–Trinajstić information content (AvgIpc) is 2.38. The lowest BCUT2D eigenvalue weighted by Crippen LogP contribution is -2.10. The maximum absolute atomic E-state index is 12.3. The van der Waals surface area contributed by atoms with Crippen LogP contribution in [0.25, 0.3) is 0 Å². The fourth-order valence-corrected chi connectivity index (χ4v) is 2.77. The van der Waals surface area contributed by atoms with Crippen molar-refractivity contribution in [2.75, 3.05) is 0 Å². The summed E-state index contributed by atoms with van der Waals surface area (Å²) in [5.41, 5.74) is 1.76. The quantitative estimate of drug-likeness (QED) is 0.795. The Hall–Kier alpha value is -1.75. The van der Waals surface area contributed by atoms with Gasteiger partial charge in [-0.3, -0.25) is 4.21 Å². The molecule has 20 heavy (non-hydrogen) atoms. The third-order valence-corrected chi connectivity index (χ3v) is 3.70. The highest BCUT2D eigenvalue weighted by Gasteiger charge is 2.12. The molecule has 1 atom stereocenters. The minimum absolute atomic E-state index is 0.0275. The van der Waals surface area contributed by atoms with Crippen molar-refractivity contribution in [2.24, 2.45) is 0 Å². The smallest absolute Gasteiger partial charge is 0.222 e. The number of hydrogen-bond donors (Lipinski definition) is 0. The zero-order valence-corrected chi connectivity index (χ0v) is 12.7. The van der Waals surface area contributed by atoms with E-state index in [1.807, 2.05) is 51.1 Å². The third kappa shape index (κ3) is 4.13. The maximum Gasteiger partial charge on any atom is 0.222 e. The largest absolute Gasteiger partial charge is 0.475 e. The van der Waals surface area contributed by atoms with Gasteiger partial charge in [-0.25, -0.2) is 4.98 Å². The molecule has 0 bridgehead atoms. The van der Waals surface area contributed by atoms with E-state index in [1.54, 1.807) is 6.07 Å². The molecule has 1 aromatic carbocycles. The van der Waals surface area contributed by atoms with Crippen molar-refractivity contribution < 1.29 is 8.95 Å². The lowest BCUT2D eigenvalue weighted by molar-refractivity contribution is 0.230. The van der Waals surface area contributed by atoms with Crippen LogP contribution in [-0.2, 0) is 16.6 Å². The van der Waals surface area contributed by atoms with Crippen LogP contribution in [0.4, 0.5) is 0 Å². The number of hydrogen-bond acceptors (Lipinski definition) is 4. The summed E-state index contributed by atoms with van der Waals surface area (Å²) in [6, 6.07) is 11.4. The molecule has 106 valence electrons. The van der Waals surface area contributed by atoms with E-state index in [0.717, 1.165) is 11.3 Å². The predicted octanol–water partition coefficient (Wildman–Crippen LogP) is 2.88. The fraction of sp³-hybridized carbons (Fsp3) is 0.333. The van der Waals surface area contributed by atoms with Crippen molar-refractivity contribution in [1.82, 2.24) is 9.97 Å². The van der Waals surface area contributed by atoms with E-state index in [1.165, 1.54) is 0 Å². The highest BCUT2D eigenvalue weighted by molar-refractivity contribution is 7.84. The molecule has 0 aliphatic rings. The van der Waals surface area contributed by atoms with Gasteiger partial charge in [-0.2, -0.15) is 4.98 Å². The average molecular weight is 290 g/mol. The van der Waals surface area contributed by atoms with Crippen LogP contribution >= 0.6 is 0 Å². The Morgan fingerprint density at radius 1 is 1.20 bits per heavy atom. The van der Waals surface area contributed by atoms with Crippen LogP contribution in [-0.4, -0.2) is 20.3 Å². The molecular weight excluding hydrogens is 272 g/mol. The van der Waals surface area contributed by atoms with Crippen molar-refractivity contribution in [2.45, 2.75) is 37.8 Å². The van der Waals surface area contributed by atoms with Gasteiger partial charge in [-0.15, -0.1) is 0 Å². The second-order valence-electron chi connectivity index (χ2n) is 4.77. The van der Waals surface area contributed by atoms with E-state index in [-0.39, 0.29) is 6.10 Å². The van der Waals surface area contributed by atoms with E-state index in [4.69, 9.17) is 4.74 Å². The summed E-state index contributed by atoms with van der Waals surface area (Å²) in [4.78, 5) is 8.48. The Labute approximate surface area is 121 Å². The summed E-state index contributed by atoms with van der Waals surface area (Å²) in [5.74, 6) is 0.884. The zero-order valence-electron chi connectivity index (χ0n) is 11.9. The standard InChI is InChI=1S/C15H18N2O2S/c1-11(2)19-14-9-12(3)16-15(17-14)20(18)10-13-7-5-4-6-8-13/h4-9,11H,10H2,1-3H3. The van der Waals surface area contributed by atoms with E-state index in [0.29, 0.717) is 16.8 Å². The first-order chi connectivity index (χ1) is 9.54. The second-order valence-corrected chi connectivity index (χ2v) is 6.12. The molecule has 0 spiro atoms. The monoisotopic (exact) mass is 290 g/mol. The molecular formula is C15H18N2O2S. The van der Waals surface area contributed by atoms with E-state index in [9.17, 15) is 4.21 Å². The summed E-state index contributed by atoms with van der Waals surface area (Å²) >= 11 is 0. The molecule has 0 saturated heterocycles. The van der Waals surface area contributed by atoms with Crippen molar-refractivity contribution >= 4 is 10.8 Å². The molecule has 5 heteroatoms. The van der Waals surface area contributed by atoms with Crippen LogP contribution in [0.5, 0.6) is 5.88 Å². The van der Waals surface area contributed by atoms with Gasteiger partial charge < -0.3 is 4.74 Å². The van der Waals surface area contributed by atoms with Gasteiger partial charge in [0.1, 0.15) is 0 Å². The molecule has 1 heterocycles. The van der Waals surface area contributed by atoms with Gasteiger partial charge in [-0.05, 0) is 26.3 Å². The predicted molar refractivity (Wildman–Crippen MR) is 79.1 cm³/mol. The Bertz CT molecular complexity index is 600. The summed E-state index contributed by atoms with van der Waals surface area (Å²) in [7, 11) is -1.27. The molecule has 2 aromatic rings. The Morgan fingerprint density at radius 3 is 2.55 bits per heavy atom. The van der Waals surface area contributed by atoms with Crippen molar-refractivity contribution in [3.05, 3.63) is 47.7 Å². The zero-order chi connectivity index (χ0) is 14.5. The van der Waals surface area contributed by atoms with Crippen molar-refractivity contribution in [3.8, 4) is 5.88 Å². The number of nitrogens with zero attached hydrogens (tertiary/aromatic N) is 2. The Kier molecular flexibility index (Phi) is 4.84. The van der Waals surface area contributed by atoms with Crippen LogP contribution in [0.2, 0.25) is 0 Å². The van der Waals surface area contributed by atoms with Gasteiger partial charge in [0.15, 0.2) is 0 Å². The van der Waals surface area contributed by atoms with E-state index >= 15 is 0 Å². The van der Waals surface area contributed by atoms with Crippen LogP contribution in [0.3, 0.4) is 0 Å². The highest BCUT2D eigenvalue weighted by Crippen LogP contribution is 2.15. The molecule has 0 aliphatic carbocycles. The molecule has 4 nitrogen and oxygen atoms in total. The van der Waals surface area contributed by atoms with Gasteiger partial charge in [0.2, 0.25) is 11.0 Å². The molecule has 0 radical (unpaired) electrons. The third-order valence-electron chi connectivity index (χ3n) is 2.51. The van der Waals surface area contributed by atoms with Crippen LogP contribution < -0.4 is 4.74 Å². The number of rotatable bonds is 5. The summed E-state index contributed by atoms with van der Waals surface area (Å²) in [6.07, 6.45) is 0.0275. The molecule has 1 aromatic heterocycles. The molecule has 2 rings (SSSR count). The molecule has 0 fully saturated rings.